The summed E-state index contributed by atoms with van der Waals surface area (Å²) in [5, 5.41) is 9.55. The van der Waals surface area contributed by atoms with E-state index in [2.05, 4.69) is 50.3 Å². The smallest absolute Gasteiger partial charge is 0.362 e. The highest BCUT2D eigenvalue weighted by atomic mass is 16.6. The largest absolute Gasteiger partial charge is 0.477 e. The molecule has 0 aromatic heterocycles. The van der Waals surface area contributed by atoms with Crippen LogP contribution in [0.2, 0.25) is 0 Å². The second kappa shape index (κ2) is 29.9. The molecule has 0 aliphatic rings. The molecule has 0 bridgehead atoms. The average Bonchev–Trinajstić information content (AvgIpc) is 3.00. The van der Waals surface area contributed by atoms with Crippen LogP contribution in [-0.2, 0) is 28.6 Å². The van der Waals surface area contributed by atoms with Gasteiger partial charge in [0.05, 0.1) is 34.4 Å². The number of carboxylic acid groups (broad SMARTS) is 1. The predicted molar refractivity (Wildman–Crippen MR) is 188 cm³/mol. The quantitative estimate of drug-likeness (QED) is 0.0347. The van der Waals surface area contributed by atoms with Crippen molar-refractivity contribution in [1.82, 2.24) is 0 Å². The Labute approximate surface area is 281 Å². The number of allylic oxidation sites excluding steroid dienone is 6. The Bertz CT molecular complexity index is 860. The maximum absolute atomic E-state index is 12.6. The van der Waals surface area contributed by atoms with Crippen LogP contribution in [0, 0.1) is 0 Å². The number of esters is 2. The Morgan fingerprint density at radius 2 is 1.22 bits per heavy atom. The molecule has 0 rings (SSSR count). The van der Waals surface area contributed by atoms with Crippen LogP contribution >= 0.6 is 0 Å². The molecule has 0 fully saturated rings. The third-order valence-corrected chi connectivity index (χ3v) is 7.80. The van der Waals surface area contributed by atoms with Gasteiger partial charge in [-0.3, -0.25) is 9.59 Å². The highest BCUT2D eigenvalue weighted by Crippen LogP contribution is 2.12. The summed E-state index contributed by atoms with van der Waals surface area (Å²) in [4.78, 5) is 36.6. The van der Waals surface area contributed by atoms with Gasteiger partial charge in [-0.2, -0.15) is 0 Å². The van der Waals surface area contributed by atoms with Gasteiger partial charge in [-0.1, -0.05) is 108 Å². The second-order valence-corrected chi connectivity index (χ2v) is 13.1. The van der Waals surface area contributed by atoms with Crippen LogP contribution in [0.1, 0.15) is 136 Å². The zero-order valence-electron chi connectivity index (χ0n) is 30.0. The van der Waals surface area contributed by atoms with E-state index < -0.39 is 18.1 Å². The number of likely N-dealkylation sites (N-methyl/N-ethyl adjacent to an activating group) is 1. The number of unbranched alkanes of at least 4 members (excludes halogenated alkanes) is 11. The number of ether oxygens (including phenoxy) is 3. The molecule has 0 aliphatic carbocycles. The van der Waals surface area contributed by atoms with Crippen molar-refractivity contribution >= 4 is 17.9 Å². The van der Waals surface area contributed by atoms with E-state index in [-0.39, 0.29) is 36.2 Å². The molecule has 0 radical (unpaired) electrons. The van der Waals surface area contributed by atoms with Gasteiger partial charge in [-0.25, -0.2) is 4.79 Å². The van der Waals surface area contributed by atoms with Gasteiger partial charge in [0.2, 0.25) is 0 Å². The molecule has 0 saturated carbocycles. The van der Waals surface area contributed by atoms with Crippen LogP contribution in [-0.4, -0.2) is 80.6 Å². The Kier molecular flexibility index (Phi) is 28.3. The fourth-order valence-corrected chi connectivity index (χ4v) is 4.99. The van der Waals surface area contributed by atoms with Crippen LogP contribution in [0.4, 0.5) is 0 Å². The van der Waals surface area contributed by atoms with Gasteiger partial charge >= 0.3 is 17.9 Å². The number of quaternary nitrogens is 1. The first-order chi connectivity index (χ1) is 22.1. The first-order valence-corrected chi connectivity index (χ1v) is 18.0. The Balaban J connectivity index is 4.48. The minimum Gasteiger partial charge on any atom is -0.477 e. The molecular formula is C38H68NO7+. The lowest BCUT2D eigenvalue weighted by Gasteiger charge is -2.31. The van der Waals surface area contributed by atoms with E-state index in [1.54, 1.807) is 0 Å². The van der Waals surface area contributed by atoms with E-state index in [4.69, 9.17) is 14.2 Å². The molecule has 2 atom stereocenters. The van der Waals surface area contributed by atoms with Crippen molar-refractivity contribution < 1.29 is 38.2 Å². The number of carbonyl (C=O) groups is 3. The molecule has 8 nitrogen and oxygen atoms in total. The predicted octanol–water partition coefficient (Wildman–Crippen LogP) is 8.74. The van der Waals surface area contributed by atoms with E-state index in [1.807, 2.05) is 21.1 Å². The van der Waals surface area contributed by atoms with Gasteiger partial charge < -0.3 is 23.8 Å². The summed E-state index contributed by atoms with van der Waals surface area (Å²) >= 11 is 0. The third-order valence-electron chi connectivity index (χ3n) is 7.80. The van der Waals surface area contributed by atoms with Crippen molar-refractivity contribution in [1.29, 1.82) is 0 Å². The fraction of sp³-hybridized carbons (Fsp3) is 0.763. The van der Waals surface area contributed by atoms with Crippen molar-refractivity contribution in [3.8, 4) is 0 Å². The van der Waals surface area contributed by atoms with Gasteiger partial charge in [0.1, 0.15) is 6.61 Å². The van der Waals surface area contributed by atoms with E-state index in [0.29, 0.717) is 19.3 Å². The van der Waals surface area contributed by atoms with Crippen molar-refractivity contribution in [2.75, 3.05) is 41.0 Å². The van der Waals surface area contributed by atoms with Crippen LogP contribution < -0.4 is 0 Å². The van der Waals surface area contributed by atoms with Crippen molar-refractivity contribution in [2.45, 2.75) is 148 Å². The second-order valence-electron chi connectivity index (χ2n) is 13.1. The van der Waals surface area contributed by atoms with Gasteiger partial charge in [-0.05, 0) is 44.9 Å². The molecule has 0 heterocycles. The standard InChI is InChI=1S/C38H67NO7/c1-6-8-10-12-14-16-17-18-19-20-21-23-25-27-29-37(41)46-34(32-44-31-30-35(38(42)43)39(3,4)5)33-45-36(40)28-26-24-22-15-13-11-9-7-2/h8,10,14,16,18-19,34-35H,6-7,9,11-13,15,17,20-33H2,1-5H3/p+1/b10-8+,16-14+,19-18+. The summed E-state index contributed by atoms with van der Waals surface area (Å²) in [6.07, 6.45) is 30.5. The van der Waals surface area contributed by atoms with Crippen LogP contribution in [0.25, 0.3) is 0 Å². The first-order valence-electron chi connectivity index (χ1n) is 18.0. The third kappa shape index (κ3) is 27.8. The van der Waals surface area contributed by atoms with E-state index in [9.17, 15) is 19.5 Å². The molecule has 0 amide bonds. The summed E-state index contributed by atoms with van der Waals surface area (Å²) in [7, 11) is 5.50. The number of carboxylic acids is 1. The van der Waals surface area contributed by atoms with Gasteiger partial charge in [0.25, 0.3) is 0 Å². The molecule has 8 heteroatoms. The first kappa shape index (κ1) is 43.5. The van der Waals surface area contributed by atoms with Crippen molar-refractivity contribution in [3.05, 3.63) is 36.5 Å². The topological polar surface area (TPSA) is 99.1 Å². The normalized spacial score (nSPS) is 13.5. The zero-order chi connectivity index (χ0) is 34.3. The average molecular weight is 651 g/mol. The van der Waals surface area contributed by atoms with Crippen LogP contribution in [0.5, 0.6) is 0 Å². The summed E-state index contributed by atoms with van der Waals surface area (Å²) in [5.74, 6) is -1.51. The lowest BCUT2D eigenvalue weighted by molar-refractivity contribution is -0.887. The van der Waals surface area contributed by atoms with Crippen LogP contribution in [0.3, 0.4) is 0 Å². The maximum atomic E-state index is 12.6. The number of aliphatic carboxylic acids is 1. The molecule has 0 aliphatic heterocycles. The summed E-state index contributed by atoms with van der Waals surface area (Å²) in [5.41, 5.74) is 0. The van der Waals surface area contributed by atoms with Gasteiger partial charge in [0.15, 0.2) is 12.1 Å². The SMILES string of the molecule is CC/C=C/C/C=C/C/C=C/CCCCCCC(=O)OC(COCCC(C(=O)O)[N+](C)(C)C)COC(=O)CCCCCCCCCC. The number of hydrogen-bond donors (Lipinski definition) is 1. The van der Waals surface area contributed by atoms with E-state index in [0.717, 1.165) is 70.6 Å². The molecule has 266 valence electrons. The molecule has 0 spiro atoms. The fourth-order valence-electron chi connectivity index (χ4n) is 4.99. The van der Waals surface area contributed by atoms with Crippen molar-refractivity contribution in [2.24, 2.45) is 0 Å². The molecule has 2 unspecified atom stereocenters. The zero-order valence-corrected chi connectivity index (χ0v) is 30.0. The molecular weight excluding hydrogens is 582 g/mol. The summed E-state index contributed by atoms with van der Waals surface area (Å²) in [6, 6.07) is -0.615. The highest BCUT2D eigenvalue weighted by Gasteiger charge is 2.31. The molecule has 0 aromatic carbocycles. The van der Waals surface area contributed by atoms with Crippen LogP contribution in [0.15, 0.2) is 36.5 Å². The summed E-state index contributed by atoms with van der Waals surface area (Å²) < 4.78 is 17.1. The maximum Gasteiger partial charge on any atom is 0.362 e. The Morgan fingerprint density at radius 1 is 0.674 bits per heavy atom. The molecule has 0 aromatic rings. The van der Waals surface area contributed by atoms with E-state index >= 15 is 0 Å². The minimum atomic E-state index is -0.881. The lowest BCUT2D eigenvalue weighted by atomic mass is 10.1. The van der Waals surface area contributed by atoms with Gasteiger partial charge in [-0.15, -0.1) is 0 Å². The number of carbonyl (C=O) groups excluding carboxylic acids is 2. The summed E-state index contributed by atoms with van der Waals surface area (Å²) in [6.45, 7) is 4.54. The molecule has 1 N–H and O–H groups in total. The Hall–Kier alpha value is -2.45. The minimum absolute atomic E-state index is 0.0528. The lowest BCUT2D eigenvalue weighted by Crippen LogP contribution is -2.50. The number of nitrogens with zero attached hydrogens (tertiary/aromatic N) is 1. The van der Waals surface area contributed by atoms with Gasteiger partial charge in [0, 0.05) is 19.3 Å². The molecule has 0 saturated heterocycles. The van der Waals surface area contributed by atoms with E-state index in [1.165, 1.54) is 32.1 Å². The highest BCUT2D eigenvalue weighted by molar-refractivity contribution is 5.72. The van der Waals surface area contributed by atoms with Crippen molar-refractivity contribution in [3.63, 3.8) is 0 Å². The number of rotatable bonds is 31. The number of hydrogen-bond acceptors (Lipinski definition) is 6. The Morgan fingerprint density at radius 3 is 1.80 bits per heavy atom. The monoisotopic (exact) mass is 650 g/mol. The molecule has 46 heavy (non-hydrogen) atoms.